The van der Waals surface area contributed by atoms with E-state index in [0.29, 0.717) is 0 Å². The van der Waals surface area contributed by atoms with Gasteiger partial charge in [0.05, 0.1) is 0 Å². The standard InChI is InChI=1S/C18H30/c1-4-9-14-15(10-5-2)17-12-7-8-13-18(17)16(14)11-6-3/h14H,4-13H2,1-3H3. The van der Waals surface area contributed by atoms with Crippen LogP contribution in [0.3, 0.4) is 0 Å². The molecule has 0 aromatic heterocycles. The molecule has 102 valence electrons. The number of allylic oxidation sites excluding steroid dienone is 4. The molecule has 0 spiro atoms. The van der Waals surface area contributed by atoms with Crippen molar-refractivity contribution in [3.05, 3.63) is 22.3 Å². The molecular formula is C18H30. The average molecular weight is 246 g/mol. The molecule has 1 saturated carbocycles. The van der Waals surface area contributed by atoms with Gasteiger partial charge in [0.1, 0.15) is 0 Å². The van der Waals surface area contributed by atoms with Crippen LogP contribution in [-0.2, 0) is 0 Å². The van der Waals surface area contributed by atoms with Crippen LogP contribution in [0.4, 0.5) is 0 Å². The van der Waals surface area contributed by atoms with Crippen LogP contribution in [0.5, 0.6) is 0 Å². The Bertz CT molecular complexity index is 311. The van der Waals surface area contributed by atoms with Gasteiger partial charge in [-0.15, -0.1) is 0 Å². The van der Waals surface area contributed by atoms with Crippen LogP contribution in [0.15, 0.2) is 22.3 Å². The Kier molecular flexibility index (Phi) is 5.09. The summed E-state index contributed by atoms with van der Waals surface area (Å²) in [5, 5.41) is 0. The van der Waals surface area contributed by atoms with Crippen molar-refractivity contribution in [1.82, 2.24) is 0 Å². The first kappa shape index (κ1) is 13.9. The van der Waals surface area contributed by atoms with Crippen LogP contribution < -0.4 is 0 Å². The van der Waals surface area contributed by atoms with Crippen LogP contribution in [-0.4, -0.2) is 0 Å². The van der Waals surface area contributed by atoms with Gasteiger partial charge in [0.25, 0.3) is 0 Å². The van der Waals surface area contributed by atoms with Gasteiger partial charge in [0, 0.05) is 5.92 Å². The van der Waals surface area contributed by atoms with Crippen molar-refractivity contribution in [2.45, 2.75) is 85.0 Å². The molecule has 0 bridgehead atoms. The zero-order valence-electron chi connectivity index (χ0n) is 12.6. The molecular weight excluding hydrogens is 216 g/mol. The van der Waals surface area contributed by atoms with Crippen molar-refractivity contribution in [1.29, 1.82) is 0 Å². The van der Waals surface area contributed by atoms with Gasteiger partial charge in [-0.05, 0) is 56.1 Å². The Balaban J connectivity index is 2.32. The van der Waals surface area contributed by atoms with Gasteiger partial charge in [-0.25, -0.2) is 0 Å². The number of hydrogen-bond acceptors (Lipinski definition) is 0. The lowest BCUT2D eigenvalue weighted by molar-refractivity contribution is 0.582. The summed E-state index contributed by atoms with van der Waals surface area (Å²) in [5.41, 5.74) is 7.37. The fourth-order valence-electron chi connectivity index (χ4n) is 4.07. The maximum absolute atomic E-state index is 2.35. The van der Waals surface area contributed by atoms with Crippen molar-refractivity contribution in [3.8, 4) is 0 Å². The van der Waals surface area contributed by atoms with E-state index in [-0.39, 0.29) is 0 Å². The summed E-state index contributed by atoms with van der Waals surface area (Å²) in [4.78, 5) is 0. The highest BCUT2D eigenvalue weighted by molar-refractivity contribution is 5.50. The third-order valence-electron chi connectivity index (χ3n) is 4.70. The van der Waals surface area contributed by atoms with Crippen molar-refractivity contribution >= 4 is 0 Å². The first-order valence-corrected chi connectivity index (χ1v) is 8.27. The molecule has 0 nitrogen and oxygen atoms in total. The molecule has 2 rings (SSSR count). The maximum Gasteiger partial charge on any atom is 0.00187 e. The Morgan fingerprint density at radius 1 is 0.778 bits per heavy atom. The lowest BCUT2D eigenvalue weighted by Crippen LogP contribution is -2.05. The lowest BCUT2D eigenvalue weighted by atomic mass is 9.86. The summed E-state index contributed by atoms with van der Waals surface area (Å²) >= 11 is 0. The van der Waals surface area contributed by atoms with E-state index in [1.165, 1.54) is 64.2 Å². The molecule has 0 unspecified atom stereocenters. The summed E-state index contributed by atoms with van der Waals surface area (Å²) in [6, 6.07) is 0. The number of rotatable bonds is 6. The summed E-state index contributed by atoms with van der Waals surface area (Å²) in [6.45, 7) is 7.04. The second kappa shape index (κ2) is 6.59. The van der Waals surface area contributed by atoms with E-state index in [2.05, 4.69) is 20.8 Å². The fourth-order valence-corrected chi connectivity index (χ4v) is 4.07. The van der Waals surface area contributed by atoms with Crippen molar-refractivity contribution < 1.29 is 0 Å². The predicted octanol–water partition coefficient (Wildman–Crippen LogP) is 6.18. The molecule has 2 aliphatic rings. The van der Waals surface area contributed by atoms with Crippen LogP contribution >= 0.6 is 0 Å². The van der Waals surface area contributed by atoms with E-state index in [1.54, 1.807) is 0 Å². The highest BCUT2D eigenvalue weighted by Crippen LogP contribution is 2.49. The van der Waals surface area contributed by atoms with Gasteiger partial charge < -0.3 is 0 Å². The molecule has 18 heavy (non-hydrogen) atoms. The van der Waals surface area contributed by atoms with Crippen molar-refractivity contribution in [2.75, 3.05) is 0 Å². The summed E-state index contributed by atoms with van der Waals surface area (Å²) < 4.78 is 0. The molecule has 0 heterocycles. The Labute approximate surface area is 114 Å². The minimum Gasteiger partial charge on any atom is -0.0653 e. The second-order valence-electron chi connectivity index (χ2n) is 6.06. The molecule has 0 aromatic rings. The van der Waals surface area contributed by atoms with Crippen LogP contribution in [0.25, 0.3) is 0 Å². The Morgan fingerprint density at radius 2 is 1.28 bits per heavy atom. The van der Waals surface area contributed by atoms with E-state index < -0.39 is 0 Å². The minimum atomic E-state index is 0.845. The van der Waals surface area contributed by atoms with Crippen molar-refractivity contribution in [2.24, 2.45) is 5.92 Å². The van der Waals surface area contributed by atoms with Gasteiger partial charge in [-0.1, -0.05) is 51.2 Å². The maximum atomic E-state index is 2.35. The van der Waals surface area contributed by atoms with Crippen molar-refractivity contribution in [3.63, 3.8) is 0 Å². The van der Waals surface area contributed by atoms with E-state index in [9.17, 15) is 0 Å². The molecule has 0 saturated heterocycles. The highest BCUT2D eigenvalue weighted by Gasteiger charge is 2.32. The van der Waals surface area contributed by atoms with Gasteiger partial charge in [0.2, 0.25) is 0 Å². The minimum absolute atomic E-state index is 0.845. The number of hydrogen-bond donors (Lipinski definition) is 0. The monoisotopic (exact) mass is 246 g/mol. The third kappa shape index (κ3) is 2.58. The molecule has 0 radical (unpaired) electrons. The topological polar surface area (TPSA) is 0 Å². The average Bonchev–Trinajstić information content (AvgIpc) is 2.67. The third-order valence-corrected chi connectivity index (χ3v) is 4.70. The quantitative estimate of drug-likeness (QED) is 0.524. The molecule has 0 aromatic carbocycles. The van der Waals surface area contributed by atoms with E-state index in [1.807, 2.05) is 22.3 Å². The van der Waals surface area contributed by atoms with Gasteiger partial charge in [-0.3, -0.25) is 0 Å². The van der Waals surface area contributed by atoms with Gasteiger partial charge in [-0.2, -0.15) is 0 Å². The number of fused-ring (bicyclic) bond motifs is 1. The Hall–Kier alpha value is -0.520. The predicted molar refractivity (Wildman–Crippen MR) is 80.7 cm³/mol. The largest absolute Gasteiger partial charge is 0.0653 e. The molecule has 0 aliphatic heterocycles. The van der Waals surface area contributed by atoms with Gasteiger partial charge >= 0.3 is 0 Å². The van der Waals surface area contributed by atoms with E-state index in [4.69, 9.17) is 0 Å². The molecule has 1 fully saturated rings. The fraction of sp³-hybridized carbons (Fsp3) is 0.778. The zero-order chi connectivity index (χ0) is 13.0. The van der Waals surface area contributed by atoms with E-state index >= 15 is 0 Å². The normalized spacial score (nSPS) is 20.8. The SMILES string of the molecule is CCCC1=C2CCCCC2=C(CCC)C1CCC. The first-order valence-electron chi connectivity index (χ1n) is 8.27. The molecule has 0 heteroatoms. The lowest BCUT2D eigenvalue weighted by Gasteiger charge is -2.19. The van der Waals surface area contributed by atoms with Crippen LogP contribution in [0.2, 0.25) is 0 Å². The molecule has 0 amide bonds. The Morgan fingerprint density at radius 3 is 1.67 bits per heavy atom. The highest BCUT2D eigenvalue weighted by atomic mass is 14.4. The molecule has 2 aliphatic carbocycles. The molecule has 0 atom stereocenters. The second-order valence-corrected chi connectivity index (χ2v) is 6.06. The van der Waals surface area contributed by atoms with E-state index in [0.717, 1.165) is 5.92 Å². The summed E-state index contributed by atoms with van der Waals surface area (Å²) in [5.74, 6) is 0.845. The molecule has 0 N–H and O–H groups in total. The van der Waals surface area contributed by atoms with Crippen LogP contribution in [0.1, 0.15) is 85.0 Å². The summed E-state index contributed by atoms with van der Waals surface area (Å²) in [7, 11) is 0. The first-order chi connectivity index (χ1) is 8.83. The smallest absolute Gasteiger partial charge is 0.00187 e. The summed E-state index contributed by atoms with van der Waals surface area (Å²) in [6.07, 6.45) is 13.7. The van der Waals surface area contributed by atoms with Crippen LogP contribution in [0, 0.1) is 5.92 Å². The zero-order valence-corrected chi connectivity index (χ0v) is 12.6. The van der Waals surface area contributed by atoms with Gasteiger partial charge in [0.15, 0.2) is 0 Å².